The fourth-order valence-corrected chi connectivity index (χ4v) is 3.70. The molecule has 0 radical (unpaired) electrons. The van der Waals surface area contributed by atoms with Crippen LogP contribution in [0.1, 0.15) is 32.6 Å². The molecule has 146 valence electrons. The highest BCUT2D eigenvalue weighted by Crippen LogP contribution is 2.26. The maximum absolute atomic E-state index is 12.1. The Morgan fingerprint density at radius 3 is 3.04 bits per heavy atom. The van der Waals surface area contributed by atoms with E-state index >= 15 is 0 Å². The Labute approximate surface area is 163 Å². The first-order chi connectivity index (χ1) is 13.2. The summed E-state index contributed by atoms with van der Waals surface area (Å²) >= 11 is 1.46. The van der Waals surface area contributed by atoms with Gasteiger partial charge in [0.15, 0.2) is 0 Å². The molecule has 2 N–H and O–H groups in total. The summed E-state index contributed by atoms with van der Waals surface area (Å²) < 4.78 is 7.55. The molecule has 1 aromatic carbocycles. The molecule has 27 heavy (non-hydrogen) atoms. The SMILES string of the molecule is CSc1nnnn1-c1cccc(NC(=O)NCCO[C@@H]2CCCC[C@@H]2C)c1. The lowest BCUT2D eigenvalue weighted by Gasteiger charge is -2.28. The van der Waals surface area contributed by atoms with Crippen LogP contribution in [0, 0.1) is 5.92 Å². The number of anilines is 1. The number of nitrogens with zero attached hydrogens (tertiary/aromatic N) is 4. The van der Waals surface area contributed by atoms with Gasteiger partial charge in [0, 0.05) is 12.2 Å². The summed E-state index contributed by atoms with van der Waals surface area (Å²) in [6, 6.07) is 7.14. The molecule has 3 rings (SSSR count). The third-order valence-corrected chi connectivity index (χ3v) is 5.34. The van der Waals surface area contributed by atoms with E-state index in [2.05, 4.69) is 33.1 Å². The first kappa shape index (κ1) is 19.6. The minimum Gasteiger partial charge on any atom is -0.376 e. The first-order valence-corrected chi connectivity index (χ1v) is 10.5. The average molecular weight is 391 g/mol. The third kappa shape index (κ3) is 5.43. The number of thioether (sulfide) groups is 1. The zero-order chi connectivity index (χ0) is 19.1. The number of rotatable bonds is 7. The van der Waals surface area contributed by atoms with Crippen LogP contribution in [-0.2, 0) is 4.74 Å². The van der Waals surface area contributed by atoms with Gasteiger partial charge in [0.1, 0.15) is 0 Å². The highest BCUT2D eigenvalue weighted by Gasteiger charge is 2.21. The number of amides is 2. The minimum atomic E-state index is -0.255. The zero-order valence-corrected chi connectivity index (χ0v) is 16.5. The Morgan fingerprint density at radius 2 is 2.22 bits per heavy atom. The van der Waals surface area contributed by atoms with Crippen LogP contribution in [0.2, 0.25) is 0 Å². The number of nitrogens with one attached hydrogen (secondary N) is 2. The molecule has 1 saturated carbocycles. The minimum absolute atomic E-state index is 0.255. The van der Waals surface area contributed by atoms with Crippen LogP contribution in [0.4, 0.5) is 10.5 Å². The second kappa shape index (κ2) is 9.70. The molecule has 8 nitrogen and oxygen atoms in total. The van der Waals surface area contributed by atoms with Gasteiger partial charge in [0.2, 0.25) is 5.16 Å². The number of tetrazole rings is 1. The van der Waals surface area contributed by atoms with Crippen molar-refractivity contribution in [1.82, 2.24) is 25.5 Å². The first-order valence-electron chi connectivity index (χ1n) is 9.26. The van der Waals surface area contributed by atoms with E-state index in [0.29, 0.717) is 36.0 Å². The molecular formula is C18H26N6O2S. The molecule has 1 aliphatic rings. The predicted octanol–water partition coefficient (Wildman–Crippen LogP) is 3.10. The molecule has 9 heteroatoms. The largest absolute Gasteiger partial charge is 0.376 e. The molecular weight excluding hydrogens is 364 g/mol. The van der Waals surface area contributed by atoms with E-state index in [1.165, 1.54) is 31.0 Å². The van der Waals surface area contributed by atoms with Crippen molar-refractivity contribution in [3.63, 3.8) is 0 Å². The predicted molar refractivity (Wildman–Crippen MR) is 105 cm³/mol. The lowest BCUT2D eigenvalue weighted by Crippen LogP contribution is -2.34. The Hall–Kier alpha value is -2.13. The lowest BCUT2D eigenvalue weighted by atomic mass is 9.88. The molecule has 0 aliphatic heterocycles. The van der Waals surface area contributed by atoms with Gasteiger partial charge in [-0.2, -0.15) is 4.68 Å². The van der Waals surface area contributed by atoms with Crippen LogP contribution in [0.5, 0.6) is 0 Å². The molecule has 1 aliphatic carbocycles. The van der Waals surface area contributed by atoms with Crippen molar-refractivity contribution in [2.45, 2.75) is 43.9 Å². The highest BCUT2D eigenvalue weighted by molar-refractivity contribution is 7.98. The number of carbonyl (C=O) groups is 1. The number of aromatic nitrogens is 4. The number of benzene rings is 1. The normalized spacial score (nSPS) is 19.6. The van der Waals surface area contributed by atoms with Gasteiger partial charge < -0.3 is 15.4 Å². The molecule has 0 spiro atoms. The van der Waals surface area contributed by atoms with Crippen LogP contribution in [0.15, 0.2) is 29.4 Å². The number of hydrogen-bond donors (Lipinski definition) is 2. The Balaban J connectivity index is 1.46. The van der Waals surface area contributed by atoms with Crippen molar-refractivity contribution >= 4 is 23.5 Å². The molecule has 2 amide bonds. The zero-order valence-electron chi connectivity index (χ0n) is 15.7. The van der Waals surface area contributed by atoms with Crippen LogP contribution >= 0.6 is 11.8 Å². The van der Waals surface area contributed by atoms with Crippen LogP contribution in [-0.4, -0.2) is 51.7 Å². The van der Waals surface area contributed by atoms with Gasteiger partial charge in [-0.25, -0.2) is 4.79 Å². The summed E-state index contributed by atoms with van der Waals surface area (Å²) in [5.41, 5.74) is 1.46. The number of urea groups is 1. The van der Waals surface area contributed by atoms with Crippen LogP contribution in [0.3, 0.4) is 0 Å². The fraction of sp³-hybridized carbons (Fsp3) is 0.556. The van der Waals surface area contributed by atoms with Gasteiger partial charge in [0.25, 0.3) is 0 Å². The Kier molecular flexibility index (Phi) is 7.05. The Bertz CT molecular complexity index is 753. The summed E-state index contributed by atoms with van der Waals surface area (Å²) in [4.78, 5) is 12.1. The van der Waals surface area contributed by atoms with E-state index in [1.54, 1.807) is 4.68 Å². The maximum atomic E-state index is 12.1. The molecule has 1 fully saturated rings. The lowest BCUT2D eigenvalue weighted by molar-refractivity contribution is -0.00232. The van der Waals surface area contributed by atoms with Gasteiger partial charge >= 0.3 is 6.03 Å². The topological polar surface area (TPSA) is 94.0 Å². The van der Waals surface area contributed by atoms with Crippen molar-refractivity contribution in [2.75, 3.05) is 24.7 Å². The Morgan fingerprint density at radius 1 is 1.37 bits per heavy atom. The van der Waals surface area contributed by atoms with E-state index in [1.807, 2.05) is 30.5 Å². The smallest absolute Gasteiger partial charge is 0.319 e. The molecule has 1 aromatic heterocycles. The molecule has 0 saturated heterocycles. The van der Waals surface area contributed by atoms with Crippen molar-refractivity contribution in [3.05, 3.63) is 24.3 Å². The second-order valence-corrected chi connectivity index (χ2v) is 7.45. The quantitative estimate of drug-likeness (QED) is 0.557. The van der Waals surface area contributed by atoms with Crippen molar-refractivity contribution in [2.24, 2.45) is 5.92 Å². The van der Waals surface area contributed by atoms with Crippen molar-refractivity contribution < 1.29 is 9.53 Å². The molecule has 0 bridgehead atoms. The maximum Gasteiger partial charge on any atom is 0.319 e. The van der Waals surface area contributed by atoms with E-state index in [4.69, 9.17) is 4.74 Å². The number of carbonyl (C=O) groups excluding carboxylic acids is 1. The monoisotopic (exact) mass is 390 g/mol. The number of ether oxygens (including phenoxy) is 1. The van der Waals surface area contributed by atoms with E-state index < -0.39 is 0 Å². The standard InChI is InChI=1S/C18H26N6O2S/c1-13-6-3-4-9-16(13)26-11-10-19-17(25)20-14-7-5-8-15(12-14)24-18(27-2)21-22-23-24/h5,7-8,12-13,16H,3-4,6,9-11H2,1-2H3,(H2,19,20,25)/t13-,16+/m0/s1. The van der Waals surface area contributed by atoms with Crippen LogP contribution < -0.4 is 10.6 Å². The van der Waals surface area contributed by atoms with Crippen LogP contribution in [0.25, 0.3) is 5.69 Å². The average Bonchev–Trinajstić information content (AvgIpc) is 3.15. The molecule has 1 heterocycles. The summed E-state index contributed by atoms with van der Waals surface area (Å²) in [5, 5.41) is 18.0. The van der Waals surface area contributed by atoms with Gasteiger partial charge in [-0.15, -0.1) is 5.10 Å². The molecule has 2 aromatic rings. The molecule has 2 atom stereocenters. The van der Waals surface area contributed by atoms with E-state index in [-0.39, 0.29) is 6.03 Å². The summed E-state index contributed by atoms with van der Waals surface area (Å²) in [5.74, 6) is 0.604. The van der Waals surface area contributed by atoms with Gasteiger partial charge in [0.05, 0.1) is 18.4 Å². The van der Waals surface area contributed by atoms with Gasteiger partial charge in [-0.3, -0.25) is 0 Å². The second-order valence-electron chi connectivity index (χ2n) is 6.68. The van der Waals surface area contributed by atoms with Crippen molar-refractivity contribution in [1.29, 1.82) is 0 Å². The summed E-state index contributed by atoms with van der Waals surface area (Å²) in [7, 11) is 0. The highest BCUT2D eigenvalue weighted by atomic mass is 32.2. The summed E-state index contributed by atoms with van der Waals surface area (Å²) in [6.45, 7) is 3.26. The third-order valence-electron chi connectivity index (χ3n) is 4.72. The summed E-state index contributed by atoms with van der Waals surface area (Å²) in [6.07, 6.45) is 7.11. The number of hydrogen-bond acceptors (Lipinski definition) is 6. The van der Waals surface area contributed by atoms with Gasteiger partial charge in [-0.05, 0) is 53.6 Å². The van der Waals surface area contributed by atoms with Gasteiger partial charge in [-0.1, -0.05) is 37.6 Å². The molecule has 0 unspecified atom stereocenters. The van der Waals surface area contributed by atoms with E-state index in [9.17, 15) is 4.79 Å². The van der Waals surface area contributed by atoms with Crippen molar-refractivity contribution in [3.8, 4) is 5.69 Å². The van der Waals surface area contributed by atoms with E-state index in [0.717, 1.165) is 12.1 Å². The fourth-order valence-electron chi connectivity index (χ4n) is 3.26.